The van der Waals surface area contributed by atoms with Gasteiger partial charge in [0.05, 0.1) is 11.0 Å². The molecule has 1 aromatic heterocycles. The van der Waals surface area contributed by atoms with E-state index < -0.39 is 0 Å². The van der Waals surface area contributed by atoms with Crippen molar-refractivity contribution in [3.05, 3.63) is 29.6 Å². The molecule has 1 aliphatic carbocycles. The molecule has 1 heterocycles. The maximum atomic E-state index is 6.24. The number of imidazole rings is 1. The third kappa shape index (κ3) is 2.38. The van der Waals surface area contributed by atoms with E-state index in [-0.39, 0.29) is 5.41 Å². The molecule has 3 heteroatoms. The van der Waals surface area contributed by atoms with Gasteiger partial charge in [-0.25, -0.2) is 4.98 Å². The monoisotopic (exact) mass is 285 g/mol. The Morgan fingerprint density at radius 1 is 1.24 bits per heavy atom. The van der Waals surface area contributed by atoms with Gasteiger partial charge in [-0.1, -0.05) is 25.3 Å². The van der Waals surface area contributed by atoms with Crippen LogP contribution in [0.25, 0.3) is 11.0 Å². The number of nitrogens with zero attached hydrogens (tertiary/aromatic N) is 2. The van der Waals surface area contributed by atoms with Gasteiger partial charge in [0.25, 0.3) is 0 Å². The summed E-state index contributed by atoms with van der Waals surface area (Å²) in [6.07, 6.45) is 6.24. The van der Waals surface area contributed by atoms with Gasteiger partial charge in [-0.3, -0.25) is 0 Å². The number of hydrogen-bond acceptors (Lipinski definition) is 2. The highest BCUT2D eigenvalue weighted by Gasteiger charge is 2.37. The molecule has 21 heavy (non-hydrogen) atoms. The highest BCUT2D eigenvalue weighted by molar-refractivity contribution is 5.77. The Morgan fingerprint density at radius 3 is 2.57 bits per heavy atom. The van der Waals surface area contributed by atoms with E-state index in [2.05, 4.69) is 43.5 Å². The highest BCUT2D eigenvalue weighted by Crippen LogP contribution is 2.40. The average molecular weight is 285 g/mol. The van der Waals surface area contributed by atoms with Crippen molar-refractivity contribution in [2.24, 2.45) is 5.73 Å². The Bertz CT molecular complexity index is 633. The van der Waals surface area contributed by atoms with Gasteiger partial charge in [-0.2, -0.15) is 0 Å². The smallest absolute Gasteiger partial charge is 0.117 e. The van der Waals surface area contributed by atoms with Crippen LogP contribution in [0.4, 0.5) is 0 Å². The second kappa shape index (κ2) is 5.45. The van der Waals surface area contributed by atoms with Crippen LogP contribution >= 0.6 is 0 Å². The fraction of sp³-hybridized carbons (Fsp3) is 0.611. The van der Waals surface area contributed by atoms with Crippen molar-refractivity contribution < 1.29 is 0 Å². The molecule has 0 bridgehead atoms. The summed E-state index contributed by atoms with van der Waals surface area (Å²) in [6, 6.07) is 7.01. The molecule has 1 fully saturated rings. The molecule has 0 radical (unpaired) electrons. The van der Waals surface area contributed by atoms with Gasteiger partial charge in [-0.15, -0.1) is 0 Å². The van der Waals surface area contributed by atoms with Gasteiger partial charge in [0.1, 0.15) is 5.82 Å². The largest absolute Gasteiger partial charge is 0.329 e. The first-order valence-electron chi connectivity index (χ1n) is 8.26. The van der Waals surface area contributed by atoms with E-state index in [1.165, 1.54) is 49.0 Å². The Labute approximate surface area is 127 Å². The first-order valence-corrected chi connectivity index (χ1v) is 8.26. The van der Waals surface area contributed by atoms with Gasteiger partial charge in [0, 0.05) is 18.0 Å². The number of rotatable bonds is 3. The second-order valence-electron chi connectivity index (χ2n) is 6.94. The highest BCUT2D eigenvalue weighted by atomic mass is 15.1. The number of hydrogen-bond donors (Lipinski definition) is 1. The van der Waals surface area contributed by atoms with Crippen LogP contribution in [0.1, 0.15) is 63.4 Å². The van der Waals surface area contributed by atoms with E-state index in [9.17, 15) is 0 Å². The molecule has 0 atom stereocenters. The van der Waals surface area contributed by atoms with Crippen molar-refractivity contribution in [3.8, 4) is 0 Å². The summed E-state index contributed by atoms with van der Waals surface area (Å²) in [6.45, 7) is 7.34. The maximum absolute atomic E-state index is 6.24. The van der Waals surface area contributed by atoms with Crippen LogP contribution in [0, 0.1) is 6.92 Å². The van der Waals surface area contributed by atoms with Crippen molar-refractivity contribution in [1.82, 2.24) is 9.55 Å². The lowest BCUT2D eigenvalue weighted by Gasteiger charge is -2.36. The third-order valence-electron chi connectivity index (χ3n) is 5.04. The molecule has 0 spiro atoms. The van der Waals surface area contributed by atoms with Crippen LogP contribution in [0.3, 0.4) is 0 Å². The Morgan fingerprint density at radius 2 is 1.95 bits per heavy atom. The zero-order chi connectivity index (χ0) is 15.0. The van der Waals surface area contributed by atoms with E-state index in [4.69, 9.17) is 10.7 Å². The molecule has 0 amide bonds. The normalized spacial score (nSPS) is 18.5. The molecule has 1 aromatic carbocycles. The minimum absolute atomic E-state index is 0.0788. The van der Waals surface area contributed by atoms with Crippen LogP contribution in [0.5, 0.6) is 0 Å². The minimum Gasteiger partial charge on any atom is -0.329 e. The molecule has 2 aromatic rings. The molecule has 1 aliphatic rings. The summed E-state index contributed by atoms with van der Waals surface area (Å²) < 4.78 is 2.42. The van der Waals surface area contributed by atoms with Crippen molar-refractivity contribution in [2.45, 2.75) is 64.3 Å². The molecular formula is C18H27N3. The van der Waals surface area contributed by atoms with Crippen molar-refractivity contribution in [2.75, 3.05) is 6.54 Å². The molecule has 3 nitrogen and oxygen atoms in total. The summed E-state index contributed by atoms with van der Waals surface area (Å²) in [7, 11) is 0. The molecular weight excluding hydrogens is 258 g/mol. The molecule has 0 saturated heterocycles. The minimum atomic E-state index is 0.0788. The Balaban J connectivity index is 2.22. The third-order valence-corrected chi connectivity index (χ3v) is 5.04. The molecule has 0 aliphatic heterocycles. The summed E-state index contributed by atoms with van der Waals surface area (Å²) in [5, 5.41) is 0. The lowest BCUT2D eigenvalue weighted by Crippen LogP contribution is -2.40. The Kier molecular flexibility index (Phi) is 3.78. The molecule has 114 valence electrons. The summed E-state index contributed by atoms with van der Waals surface area (Å²) in [5.74, 6) is 1.22. The van der Waals surface area contributed by atoms with Crippen LogP contribution in [0.2, 0.25) is 0 Å². The molecule has 0 unspecified atom stereocenters. The number of nitrogens with two attached hydrogens (primary N) is 1. The van der Waals surface area contributed by atoms with Crippen molar-refractivity contribution in [3.63, 3.8) is 0 Å². The van der Waals surface area contributed by atoms with Crippen molar-refractivity contribution >= 4 is 11.0 Å². The molecule has 2 N–H and O–H groups in total. The van der Waals surface area contributed by atoms with Gasteiger partial charge >= 0.3 is 0 Å². The SMILES string of the molecule is Cc1ccc2c(c1)nc(C1(CN)CCCCC1)n2C(C)C. The fourth-order valence-electron chi connectivity index (χ4n) is 3.85. The lowest BCUT2D eigenvalue weighted by molar-refractivity contribution is 0.274. The Hall–Kier alpha value is -1.35. The van der Waals surface area contributed by atoms with Crippen molar-refractivity contribution in [1.29, 1.82) is 0 Å². The second-order valence-corrected chi connectivity index (χ2v) is 6.94. The number of aromatic nitrogens is 2. The van der Waals surface area contributed by atoms with Crippen LogP contribution in [-0.2, 0) is 5.41 Å². The van der Waals surface area contributed by atoms with Gasteiger partial charge in [0.2, 0.25) is 0 Å². The first kappa shape index (κ1) is 14.6. The van der Waals surface area contributed by atoms with Crippen LogP contribution in [0.15, 0.2) is 18.2 Å². The average Bonchev–Trinajstić information content (AvgIpc) is 2.87. The van der Waals surface area contributed by atoms with E-state index in [1.807, 2.05) is 0 Å². The van der Waals surface area contributed by atoms with Crippen LogP contribution in [-0.4, -0.2) is 16.1 Å². The number of fused-ring (bicyclic) bond motifs is 1. The summed E-state index contributed by atoms with van der Waals surface area (Å²) >= 11 is 0. The maximum Gasteiger partial charge on any atom is 0.117 e. The van der Waals surface area contributed by atoms with Crippen LogP contribution < -0.4 is 5.73 Å². The predicted molar refractivity (Wildman–Crippen MR) is 88.7 cm³/mol. The molecule has 3 rings (SSSR count). The van der Waals surface area contributed by atoms with E-state index in [0.717, 1.165) is 5.52 Å². The summed E-state index contributed by atoms with van der Waals surface area (Å²) in [4.78, 5) is 5.04. The quantitative estimate of drug-likeness (QED) is 0.923. The molecule has 1 saturated carbocycles. The fourth-order valence-corrected chi connectivity index (χ4v) is 3.85. The zero-order valence-electron chi connectivity index (χ0n) is 13.5. The van der Waals surface area contributed by atoms with E-state index >= 15 is 0 Å². The van der Waals surface area contributed by atoms with Gasteiger partial charge in [0.15, 0.2) is 0 Å². The predicted octanol–water partition coefficient (Wildman–Crippen LogP) is 4.09. The summed E-state index contributed by atoms with van der Waals surface area (Å²) in [5.41, 5.74) is 9.96. The van der Waals surface area contributed by atoms with E-state index in [1.54, 1.807) is 0 Å². The lowest BCUT2D eigenvalue weighted by atomic mass is 9.73. The standard InChI is InChI=1S/C18H27N3/c1-13(2)21-16-8-7-14(3)11-15(16)20-17(21)18(12-19)9-5-4-6-10-18/h7-8,11,13H,4-6,9-10,12,19H2,1-3H3. The number of benzene rings is 1. The van der Waals surface area contributed by atoms with Gasteiger partial charge in [-0.05, 0) is 51.3 Å². The van der Waals surface area contributed by atoms with E-state index in [0.29, 0.717) is 12.6 Å². The topological polar surface area (TPSA) is 43.8 Å². The number of aryl methyl sites for hydroxylation is 1. The first-order chi connectivity index (χ1) is 10.1. The van der Waals surface area contributed by atoms with Gasteiger partial charge < -0.3 is 10.3 Å². The zero-order valence-corrected chi connectivity index (χ0v) is 13.5.